The van der Waals surface area contributed by atoms with Crippen molar-refractivity contribution in [2.45, 2.75) is 6.04 Å². The summed E-state index contributed by atoms with van der Waals surface area (Å²) >= 11 is 3.39. The van der Waals surface area contributed by atoms with Crippen LogP contribution in [0.25, 0.3) is 5.69 Å². The zero-order chi connectivity index (χ0) is 21.0. The van der Waals surface area contributed by atoms with E-state index in [9.17, 15) is 14.9 Å². The molecule has 3 aromatic rings. The highest BCUT2D eigenvalue weighted by atomic mass is 79.9. The average Bonchev–Trinajstić information content (AvgIpc) is 3.18. The number of nitrogens with zero attached hydrogens (tertiary/aromatic N) is 6. The molecule has 0 N–H and O–H groups in total. The molecule has 0 fully saturated rings. The predicted molar refractivity (Wildman–Crippen MR) is 106 cm³/mol. The second-order valence-corrected chi connectivity index (χ2v) is 7.03. The number of benzene rings is 2. The first-order valence-electron chi connectivity index (χ1n) is 8.45. The third-order valence-corrected chi connectivity index (χ3v) is 4.81. The van der Waals surface area contributed by atoms with Crippen LogP contribution in [-0.4, -0.2) is 56.7 Å². The van der Waals surface area contributed by atoms with Gasteiger partial charge in [0, 0.05) is 30.8 Å². The second-order valence-electron chi connectivity index (χ2n) is 6.11. The summed E-state index contributed by atoms with van der Waals surface area (Å²) in [5.74, 6) is 0.0920. The minimum absolute atomic E-state index is 0.0501. The molecule has 0 radical (unpaired) electrons. The molecule has 0 bridgehead atoms. The highest BCUT2D eigenvalue weighted by Gasteiger charge is 2.29. The third-order valence-electron chi connectivity index (χ3n) is 4.28. The van der Waals surface area contributed by atoms with Crippen molar-refractivity contribution >= 4 is 27.5 Å². The Morgan fingerprint density at radius 2 is 1.90 bits per heavy atom. The summed E-state index contributed by atoms with van der Waals surface area (Å²) in [5, 5.41) is 23.0. The minimum atomic E-state index is -0.683. The van der Waals surface area contributed by atoms with Crippen LogP contribution in [0.1, 0.15) is 17.4 Å². The first-order chi connectivity index (χ1) is 13.9. The van der Waals surface area contributed by atoms with Crippen molar-refractivity contribution < 1.29 is 14.5 Å². The van der Waals surface area contributed by atoms with Gasteiger partial charge in [-0.2, -0.15) is 4.68 Å². The van der Waals surface area contributed by atoms with Crippen molar-refractivity contribution in [2.75, 3.05) is 20.8 Å². The van der Waals surface area contributed by atoms with Crippen molar-refractivity contribution in [3.8, 4) is 5.69 Å². The molecule has 1 heterocycles. The number of nitro groups is 1. The number of carbonyl (C=O) groups is 1. The number of hydrogen-bond acceptors (Lipinski definition) is 7. The van der Waals surface area contributed by atoms with Crippen LogP contribution in [0, 0.1) is 10.1 Å². The van der Waals surface area contributed by atoms with Gasteiger partial charge >= 0.3 is 0 Å². The maximum absolute atomic E-state index is 12.5. The van der Waals surface area contributed by atoms with Crippen LogP contribution in [0.3, 0.4) is 0 Å². The largest absolute Gasteiger partial charge is 0.375 e. The number of aromatic nitrogens is 4. The molecular formula is C18H17BrN6O4. The summed E-state index contributed by atoms with van der Waals surface area (Å²) < 4.78 is 7.38. The zero-order valence-corrected chi connectivity index (χ0v) is 17.2. The number of likely N-dealkylation sites (N-methyl/N-ethyl adjacent to an activating group) is 1. The quantitative estimate of drug-likeness (QED) is 0.392. The molecule has 29 heavy (non-hydrogen) atoms. The van der Waals surface area contributed by atoms with Crippen molar-refractivity contribution in [2.24, 2.45) is 0 Å². The van der Waals surface area contributed by atoms with E-state index >= 15 is 0 Å². The Morgan fingerprint density at radius 1 is 1.24 bits per heavy atom. The first-order valence-corrected chi connectivity index (χ1v) is 9.25. The van der Waals surface area contributed by atoms with Gasteiger partial charge in [-0.1, -0.05) is 15.9 Å². The van der Waals surface area contributed by atoms with Gasteiger partial charge in [-0.05, 0) is 52.4 Å². The maximum atomic E-state index is 12.5. The number of ether oxygens (including phenoxy) is 1. The van der Waals surface area contributed by atoms with E-state index in [0.29, 0.717) is 17.1 Å². The Morgan fingerprint density at radius 3 is 2.48 bits per heavy atom. The predicted octanol–water partition coefficient (Wildman–Crippen LogP) is 2.53. The van der Waals surface area contributed by atoms with Gasteiger partial charge in [-0.25, -0.2) is 0 Å². The lowest BCUT2D eigenvalue weighted by Crippen LogP contribution is -2.35. The Bertz CT molecular complexity index is 1010. The first kappa shape index (κ1) is 20.6. The lowest BCUT2D eigenvalue weighted by molar-refractivity contribution is -0.384. The highest BCUT2D eigenvalue weighted by molar-refractivity contribution is 9.10. The number of rotatable bonds is 7. The SMILES string of the molecule is COCC(=O)N(C)C(c1ccc([N+](=O)[O-])cc1)c1nnnn1-c1ccc(Br)cc1. The summed E-state index contributed by atoms with van der Waals surface area (Å²) in [6, 6.07) is 12.6. The van der Waals surface area contributed by atoms with E-state index in [4.69, 9.17) is 4.74 Å². The van der Waals surface area contributed by atoms with E-state index in [-0.39, 0.29) is 18.2 Å². The Balaban J connectivity index is 2.09. The normalized spacial score (nSPS) is 11.8. The molecule has 11 heteroatoms. The van der Waals surface area contributed by atoms with E-state index in [1.807, 2.05) is 24.3 Å². The van der Waals surface area contributed by atoms with Gasteiger partial charge in [-0.15, -0.1) is 5.10 Å². The lowest BCUT2D eigenvalue weighted by Gasteiger charge is -2.27. The van der Waals surface area contributed by atoms with E-state index in [0.717, 1.165) is 4.47 Å². The number of halogens is 1. The van der Waals surface area contributed by atoms with E-state index in [1.54, 1.807) is 19.2 Å². The molecule has 0 spiro atoms. The Kier molecular flexibility index (Phi) is 6.29. The summed E-state index contributed by atoms with van der Waals surface area (Å²) in [7, 11) is 3.03. The fourth-order valence-corrected chi connectivity index (χ4v) is 3.09. The van der Waals surface area contributed by atoms with Crippen LogP contribution in [0.5, 0.6) is 0 Å². The molecule has 150 valence electrons. The topological polar surface area (TPSA) is 116 Å². The summed E-state index contributed by atoms with van der Waals surface area (Å²) in [5.41, 5.74) is 1.27. The van der Waals surface area contributed by atoms with Gasteiger partial charge < -0.3 is 9.64 Å². The molecule has 0 aliphatic carbocycles. The minimum Gasteiger partial charge on any atom is -0.375 e. The number of nitro benzene ring substituents is 1. The number of methoxy groups -OCH3 is 1. The molecule has 0 saturated heterocycles. The van der Waals surface area contributed by atoms with Gasteiger partial charge in [-0.3, -0.25) is 14.9 Å². The van der Waals surface area contributed by atoms with Crippen LogP contribution >= 0.6 is 15.9 Å². The Labute approximate surface area is 174 Å². The van der Waals surface area contributed by atoms with Crippen LogP contribution < -0.4 is 0 Å². The van der Waals surface area contributed by atoms with Gasteiger partial charge in [0.05, 0.1) is 10.6 Å². The molecule has 0 saturated carbocycles. The molecular weight excluding hydrogens is 444 g/mol. The van der Waals surface area contributed by atoms with Crippen LogP contribution in [0.4, 0.5) is 5.69 Å². The Hall–Kier alpha value is -3.18. The molecule has 1 amide bonds. The van der Waals surface area contributed by atoms with Crippen molar-refractivity contribution in [1.82, 2.24) is 25.1 Å². The second kappa shape index (κ2) is 8.88. The molecule has 3 rings (SSSR count). The molecule has 2 aromatic carbocycles. The molecule has 0 aliphatic rings. The maximum Gasteiger partial charge on any atom is 0.269 e. The number of amides is 1. The van der Waals surface area contributed by atoms with E-state index < -0.39 is 11.0 Å². The fraction of sp³-hybridized carbons (Fsp3) is 0.222. The fourth-order valence-electron chi connectivity index (χ4n) is 2.82. The number of hydrogen-bond donors (Lipinski definition) is 0. The summed E-state index contributed by atoms with van der Waals surface area (Å²) in [6.45, 7) is -0.125. The summed E-state index contributed by atoms with van der Waals surface area (Å²) in [4.78, 5) is 24.5. The number of non-ortho nitro benzene ring substituents is 1. The lowest BCUT2D eigenvalue weighted by atomic mass is 10.0. The summed E-state index contributed by atoms with van der Waals surface area (Å²) in [6.07, 6.45) is 0. The molecule has 1 aromatic heterocycles. The van der Waals surface area contributed by atoms with Gasteiger partial charge in [0.25, 0.3) is 5.69 Å². The monoisotopic (exact) mass is 460 g/mol. The third kappa shape index (κ3) is 4.46. The molecule has 10 nitrogen and oxygen atoms in total. The van der Waals surface area contributed by atoms with Gasteiger partial charge in [0.2, 0.25) is 5.91 Å². The number of carbonyl (C=O) groups excluding carboxylic acids is 1. The van der Waals surface area contributed by atoms with Gasteiger partial charge in [0.1, 0.15) is 12.6 Å². The molecule has 0 aliphatic heterocycles. The highest BCUT2D eigenvalue weighted by Crippen LogP contribution is 2.29. The van der Waals surface area contributed by atoms with Crippen LogP contribution in [0.15, 0.2) is 53.0 Å². The van der Waals surface area contributed by atoms with Crippen molar-refractivity contribution in [3.63, 3.8) is 0 Å². The standard InChI is InChI=1S/C18H17BrN6O4/c1-23(16(26)11-29-2)17(12-3-7-15(8-4-12)25(27)28)18-20-21-22-24(18)14-9-5-13(19)6-10-14/h3-10,17H,11H2,1-2H3. The zero-order valence-electron chi connectivity index (χ0n) is 15.6. The van der Waals surface area contributed by atoms with E-state index in [1.165, 1.54) is 28.8 Å². The molecule has 1 atom stereocenters. The smallest absolute Gasteiger partial charge is 0.269 e. The van der Waals surface area contributed by atoms with E-state index in [2.05, 4.69) is 31.5 Å². The average molecular weight is 461 g/mol. The van der Waals surface area contributed by atoms with Crippen LogP contribution in [0.2, 0.25) is 0 Å². The van der Waals surface area contributed by atoms with Gasteiger partial charge in [0.15, 0.2) is 5.82 Å². The molecule has 1 unspecified atom stereocenters. The van der Waals surface area contributed by atoms with Crippen molar-refractivity contribution in [3.05, 3.63) is 74.5 Å². The number of tetrazole rings is 1. The van der Waals surface area contributed by atoms with Crippen LogP contribution in [-0.2, 0) is 9.53 Å². The van der Waals surface area contributed by atoms with Crippen molar-refractivity contribution in [1.29, 1.82) is 0 Å².